The zero-order valence-corrected chi connectivity index (χ0v) is 14.7. The molecular formula is C18H24N4O3. The summed E-state index contributed by atoms with van der Waals surface area (Å²) in [4.78, 5) is 26.2. The van der Waals surface area contributed by atoms with Crippen molar-refractivity contribution in [1.82, 2.24) is 15.0 Å². The first-order chi connectivity index (χ1) is 12.2. The van der Waals surface area contributed by atoms with Gasteiger partial charge in [0.1, 0.15) is 17.8 Å². The van der Waals surface area contributed by atoms with Gasteiger partial charge < -0.3 is 19.4 Å². The molecule has 2 fully saturated rings. The van der Waals surface area contributed by atoms with Gasteiger partial charge in [0.25, 0.3) is 0 Å². The number of H-pyrrole nitrogens is 1. The minimum Gasteiger partial charge on any atom is -0.469 e. The summed E-state index contributed by atoms with van der Waals surface area (Å²) in [7, 11) is 1.44. The highest BCUT2D eigenvalue weighted by Gasteiger charge is 2.45. The van der Waals surface area contributed by atoms with Crippen LogP contribution in [0.3, 0.4) is 0 Å². The summed E-state index contributed by atoms with van der Waals surface area (Å²) in [5.74, 6) is 0.718. The Morgan fingerprint density at radius 2 is 2.24 bits per heavy atom. The van der Waals surface area contributed by atoms with Gasteiger partial charge in [0, 0.05) is 19.3 Å². The lowest BCUT2D eigenvalue weighted by molar-refractivity contribution is -0.145. The van der Waals surface area contributed by atoms with E-state index in [4.69, 9.17) is 9.47 Å². The Balaban J connectivity index is 1.52. The lowest BCUT2D eigenvalue weighted by Gasteiger charge is -2.39. The summed E-state index contributed by atoms with van der Waals surface area (Å²) in [5, 5.41) is 1.13. The third kappa shape index (κ3) is 2.76. The van der Waals surface area contributed by atoms with Crippen molar-refractivity contribution in [2.75, 3.05) is 31.7 Å². The van der Waals surface area contributed by atoms with Crippen LogP contribution in [0, 0.1) is 5.92 Å². The molecule has 7 nitrogen and oxygen atoms in total. The molecule has 1 unspecified atom stereocenters. The van der Waals surface area contributed by atoms with E-state index in [1.54, 1.807) is 6.33 Å². The van der Waals surface area contributed by atoms with Crippen LogP contribution in [0.15, 0.2) is 12.5 Å². The highest BCUT2D eigenvalue weighted by molar-refractivity contribution is 5.90. The smallest absolute Gasteiger partial charge is 0.311 e. The van der Waals surface area contributed by atoms with E-state index in [-0.39, 0.29) is 17.5 Å². The van der Waals surface area contributed by atoms with Gasteiger partial charge in [-0.1, -0.05) is 6.92 Å². The predicted octanol–water partition coefficient (Wildman–Crippen LogP) is 2.07. The Labute approximate surface area is 146 Å². The summed E-state index contributed by atoms with van der Waals surface area (Å²) in [6.07, 6.45) is 7.15. The third-order valence-electron chi connectivity index (χ3n) is 5.63. The van der Waals surface area contributed by atoms with Gasteiger partial charge in [-0.3, -0.25) is 4.79 Å². The first-order valence-electron chi connectivity index (χ1n) is 8.93. The molecule has 2 aromatic rings. The van der Waals surface area contributed by atoms with Gasteiger partial charge in [-0.05, 0) is 31.2 Å². The number of nitrogens with zero attached hydrogens (tertiary/aromatic N) is 3. The number of ether oxygens (including phenoxy) is 2. The lowest BCUT2D eigenvalue weighted by Crippen LogP contribution is -2.44. The predicted molar refractivity (Wildman–Crippen MR) is 93.5 cm³/mol. The average Bonchev–Trinajstić information content (AvgIpc) is 3.26. The number of hydrogen-bond donors (Lipinski definition) is 1. The van der Waals surface area contributed by atoms with E-state index in [1.165, 1.54) is 12.7 Å². The SMILES string of the molecule is CCc1c[nH]c2ncnc(N3CCC4(CC3)CC(C(=O)OC)CO4)c12. The number of aryl methyl sites for hydroxylation is 1. The van der Waals surface area contributed by atoms with Gasteiger partial charge in [0.15, 0.2) is 0 Å². The van der Waals surface area contributed by atoms with E-state index in [0.717, 1.165) is 55.6 Å². The first kappa shape index (κ1) is 16.3. The monoisotopic (exact) mass is 344 g/mol. The fourth-order valence-electron chi connectivity index (χ4n) is 4.16. The Kier molecular flexibility index (Phi) is 4.11. The molecule has 134 valence electrons. The average molecular weight is 344 g/mol. The quantitative estimate of drug-likeness (QED) is 0.859. The Morgan fingerprint density at radius 1 is 1.44 bits per heavy atom. The number of fused-ring (bicyclic) bond motifs is 1. The van der Waals surface area contributed by atoms with E-state index in [2.05, 4.69) is 26.8 Å². The highest BCUT2D eigenvalue weighted by Crippen LogP contribution is 2.40. The van der Waals surface area contributed by atoms with E-state index in [1.807, 2.05) is 6.20 Å². The normalized spacial score (nSPS) is 22.6. The van der Waals surface area contributed by atoms with E-state index in [0.29, 0.717) is 6.61 Å². The molecule has 2 aromatic heterocycles. The first-order valence-corrected chi connectivity index (χ1v) is 8.93. The van der Waals surface area contributed by atoms with Crippen molar-refractivity contribution in [3.63, 3.8) is 0 Å². The number of piperidine rings is 1. The summed E-state index contributed by atoms with van der Waals surface area (Å²) in [6, 6.07) is 0. The van der Waals surface area contributed by atoms with Crippen LogP contribution in [0.1, 0.15) is 31.7 Å². The molecule has 4 rings (SSSR count). The standard InChI is InChI=1S/C18H24N4O3/c1-3-12-9-19-15-14(12)16(21-11-20-15)22-6-4-18(5-7-22)8-13(10-25-18)17(23)24-2/h9,11,13H,3-8,10H2,1-2H3,(H,19,20,21). The molecule has 1 N–H and O–H groups in total. The maximum absolute atomic E-state index is 11.8. The minimum atomic E-state index is -0.187. The van der Waals surface area contributed by atoms with Crippen molar-refractivity contribution in [3.05, 3.63) is 18.1 Å². The van der Waals surface area contributed by atoms with Crippen LogP contribution in [0.2, 0.25) is 0 Å². The van der Waals surface area contributed by atoms with Gasteiger partial charge in [0.2, 0.25) is 0 Å². The van der Waals surface area contributed by atoms with Crippen LogP contribution in [-0.4, -0.2) is 53.3 Å². The number of aromatic amines is 1. The van der Waals surface area contributed by atoms with Crippen LogP contribution < -0.4 is 4.90 Å². The van der Waals surface area contributed by atoms with Gasteiger partial charge >= 0.3 is 5.97 Å². The minimum absolute atomic E-state index is 0.126. The highest BCUT2D eigenvalue weighted by atomic mass is 16.5. The molecule has 0 radical (unpaired) electrons. The third-order valence-corrected chi connectivity index (χ3v) is 5.63. The number of rotatable bonds is 3. The topological polar surface area (TPSA) is 80.3 Å². The second kappa shape index (κ2) is 6.29. The number of anilines is 1. The van der Waals surface area contributed by atoms with E-state index in [9.17, 15) is 4.79 Å². The van der Waals surface area contributed by atoms with Crippen molar-refractivity contribution in [3.8, 4) is 0 Å². The molecule has 0 amide bonds. The molecule has 0 bridgehead atoms. The number of hydrogen-bond acceptors (Lipinski definition) is 6. The summed E-state index contributed by atoms with van der Waals surface area (Å²) in [5.41, 5.74) is 1.95. The van der Waals surface area contributed by atoms with Crippen molar-refractivity contribution < 1.29 is 14.3 Å². The second-order valence-electron chi connectivity index (χ2n) is 6.99. The molecule has 2 saturated heterocycles. The van der Waals surface area contributed by atoms with Gasteiger partial charge in [-0.25, -0.2) is 9.97 Å². The van der Waals surface area contributed by atoms with E-state index < -0.39 is 0 Å². The van der Waals surface area contributed by atoms with Crippen molar-refractivity contribution in [2.24, 2.45) is 5.92 Å². The maximum Gasteiger partial charge on any atom is 0.311 e. The molecule has 2 aliphatic rings. The van der Waals surface area contributed by atoms with Gasteiger partial charge in [-0.2, -0.15) is 0 Å². The number of carbonyl (C=O) groups is 1. The van der Waals surface area contributed by atoms with E-state index >= 15 is 0 Å². The summed E-state index contributed by atoms with van der Waals surface area (Å²) >= 11 is 0. The van der Waals surface area contributed by atoms with Crippen LogP contribution in [0.5, 0.6) is 0 Å². The fraction of sp³-hybridized carbons (Fsp3) is 0.611. The van der Waals surface area contributed by atoms with Crippen molar-refractivity contribution >= 4 is 22.8 Å². The summed E-state index contributed by atoms with van der Waals surface area (Å²) < 4.78 is 10.9. The molecule has 25 heavy (non-hydrogen) atoms. The number of aromatic nitrogens is 3. The van der Waals surface area contributed by atoms with Gasteiger partial charge in [0.05, 0.1) is 30.6 Å². The number of nitrogens with one attached hydrogen (secondary N) is 1. The van der Waals surface area contributed by atoms with Gasteiger partial charge in [-0.15, -0.1) is 0 Å². The molecule has 2 aliphatic heterocycles. The van der Waals surface area contributed by atoms with Crippen LogP contribution in [0.4, 0.5) is 5.82 Å². The van der Waals surface area contributed by atoms with Crippen molar-refractivity contribution in [2.45, 2.75) is 38.2 Å². The molecule has 0 aromatic carbocycles. The molecule has 0 aliphatic carbocycles. The van der Waals surface area contributed by atoms with Crippen LogP contribution in [0.25, 0.3) is 11.0 Å². The largest absolute Gasteiger partial charge is 0.469 e. The Morgan fingerprint density at radius 3 is 2.96 bits per heavy atom. The number of methoxy groups -OCH3 is 1. The molecule has 1 atom stereocenters. The zero-order chi connectivity index (χ0) is 17.4. The molecule has 1 spiro atoms. The fourth-order valence-corrected chi connectivity index (χ4v) is 4.16. The number of esters is 1. The molecule has 4 heterocycles. The maximum atomic E-state index is 11.8. The molecule has 7 heteroatoms. The Bertz CT molecular complexity index is 780. The molecule has 0 saturated carbocycles. The lowest BCUT2D eigenvalue weighted by atomic mass is 9.85. The van der Waals surface area contributed by atoms with Crippen LogP contribution >= 0.6 is 0 Å². The second-order valence-corrected chi connectivity index (χ2v) is 6.99. The summed E-state index contributed by atoms with van der Waals surface area (Å²) in [6.45, 7) is 4.36. The zero-order valence-electron chi connectivity index (χ0n) is 14.7. The Hall–Kier alpha value is -2.15. The van der Waals surface area contributed by atoms with Crippen LogP contribution in [-0.2, 0) is 20.7 Å². The van der Waals surface area contributed by atoms with Crippen molar-refractivity contribution in [1.29, 1.82) is 0 Å². The molecular weight excluding hydrogens is 320 g/mol. The number of carbonyl (C=O) groups excluding carboxylic acids is 1.